The van der Waals surface area contributed by atoms with Crippen LogP contribution < -0.4 is 0 Å². The van der Waals surface area contributed by atoms with Crippen molar-refractivity contribution in [2.75, 3.05) is 0 Å². The third kappa shape index (κ3) is 6.22. The molecule has 0 saturated heterocycles. The van der Waals surface area contributed by atoms with Crippen LogP contribution in [-0.4, -0.2) is 0 Å². The summed E-state index contributed by atoms with van der Waals surface area (Å²) in [5.74, 6) is 1.79. The van der Waals surface area contributed by atoms with Crippen LogP contribution >= 0.6 is 0 Å². The van der Waals surface area contributed by atoms with E-state index in [-0.39, 0.29) is 0 Å². The van der Waals surface area contributed by atoms with Gasteiger partial charge in [0, 0.05) is 0 Å². The fourth-order valence-electron chi connectivity index (χ4n) is 2.08. The summed E-state index contributed by atoms with van der Waals surface area (Å²) in [5.41, 5.74) is 0.546. The van der Waals surface area contributed by atoms with Gasteiger partial charge in [-0.25, -0.2) is 0 Å². The molecule has 0 nitrogen and oxygen atoms in total. The Labute approximate surface area is 97.8 Å². The molecule has 0 heteroatoms. The molecular formula is C15H32. The van der Waals surface area contributed by atoms with Crippen LogP contribution in [0.15, 0.2) is 0 Å². The zero-order valence-corrected chi connectivity index (χ0v) is 11.9. The Bertz CT molecular complexity index is 146. The molecule has 0 bridgehead atoms. The maximum Gasteiger partial charge on any atom is -0.0329 e. The van der Waals surface area contributed by atoms with Gasteiger partial charge in [0.2, 0.25) is 0 Å². The fraction of sp³-hybridized carbons (Fsp3) is 1.00. The van der Waals surface area contributed by atoms with Crippen molar-refractivity contribution in [1.82, 2.24) is 0 Å². The summed E-state index contributed by atoms with van der Waals surface area (Å²) < 4.78 is 0. The van der Waals surface area contributed by atoms with Crippen LogP contribution in [0.5, 0.6) is 0 Å². The third-order valence-electron chi connectivity index (χ3n) is 4.41. The van der Waals surface area contributed by atoms with E-state index in [1.807, 2.05) is 0 Å². The summed E-state index contributed by atoms with van der Waals surface area (Å²) in [6.45, 7) is 14.3. The first kappa shape index (κ1) is 15.0. The van der Waals surface area contributed by atoms with Crippen LogP contribution in [0.2, 0.25) is 0 Å². The van der Waals surface area contributed by atoms with E-state index in [2.05, 4.69) is 41.5 Å². The smallest absolute Gasteiger partial charge is 0.0329 e. The van der Waals surface area contributed by atoms with Crippen molar-refractivity contribution < 1.29 is 0 Å². The number of unbranched alkanes of at least 4 members (excludes halogenated alkanes) is 1. The molecule has 0 fully saturated rings. The van der Waals surface area contributed by atoms with Gasteiger partial charge in [-0.1, -0.05) is 73.6 Å². The maximum absolute atomic E-state index is 2.43. The van der Waals surface area contributed by atoms with Crippen molar-refractivity contribution in [3.8, 4) is 0 Å². The largest absolute Gasteiger partial charge is 0.0651 e. The molecule has 0 aliphatic carbocycles. The number of rotatable bonds is 8. The molecule has 0 aliphatic rings. The highest BCUT2D eigenvalue weighted by Gasteiger charge is 2.23. The Morgan fingerprint density at radius 1 is 0.933 bits per heavy atom. The van der Waals surface area contributed by atoms with E-state index < -0.39 is 0 Å². The lowest BCUT2D eigenvalue weighted by Gasteiger charge is -2.31. The Balaban J connectivity index is 3.66. The summed E-state index contributed by atoms with van der Waals surface area (Å²) in [4.78, 5) is 0. The van der Waals surface area contributed by atoms with Crippen molar-refractivity contribution in [3.63, 3.8) is 0 Å². The predicted molar refractivity (Wildman–Crippen MR) is 71.2 cm³/mol. The van der Waals surface area contributed by atoms with Crippen LogP contribution in [0.25, 0.3) is 0 Å². The average molecular weight is 212 g/mol. The van der Waals surface area contributed by atoms with Gasteiger partial charge in [0.1, 0.15) is 0 Å². The SMILES string of the molecule is CCC(C)CCCCC(C)(C)C(C)CC. The minimum absolute atomic E-state index is 0.546. The predicted octanol–water partition coefficient (Wildman–Crippen LogP) is 5.67. The van der Waals surface area contributed by atoms with Gasteiger partial charge < -0.3 is 0 Å². The summed E-state index contributed by atoms with van der Waals surface area (Å²) in [6, 6.07) is 0. The summed E-state index contributed by atoms with van der Waals surface area (Å²) in [5, 5.41) is 0. The average Bonchev–Trinajstić information content (AvgIpc) is 2.22. The van der Waals surface area contributed by atoms with E-state index in [4.69, 9.17) is 0 Å². The van der Waals surface area contributed by atoms with E-state index in [0.29, 0.717) is 5.41 Å². The van der Waals surface area contributed by atoms with Crippen molar-refractivity contribution in [2.24, 2.45) is 17.3 Å². The Morgan fingerprint density at radius 2 is 1.53 bits per heavy atom. The van der Waals surface area contributed by atoms with Gasteiger partial charge in [0.15, 0.2) is 0 Å². The lowest BCUT2D eigenvalue weighted by atomic mass is 9.74. The lowest BCUT2D eigenvalue weighted by molar-refractivity contribution is 0.198. The summed E-state index contributed by atoms with van der Waals surface area (Å²) in [7, 11) is 0. The third-order valence-corrected chi connectivity index (χ3v) is 4.41. The maximum atomic E-state index is 2.43. The quantitative estimate of drug-likeness (QED) is 0.455. The first-order chi connectivity index (χ1) is 6.94. The first-order valence-corrected chi connectivity index (χ1v) is 6.94. The van der Waals surface area contributed by atoms with Gasteiger partial charge in [-0.3, -0.25) is 0 Å². The molecule has 0 aromatic rings. The molecule has 2 unspecified atom stereocenters. The standard InChI is InChI=1S/C15H32/c1-7-13(3)11-9-10-12-15(5,6)14(4)8-2/h13-14H,7-12H2,1-6H3. The normalized spacial score (nSPS) is 16.4. The minimum atomic E-state index is 0.546. The second-order valence-corrected chi connectivity index (χ2v) is 6.06. The lowest BCUT2D eigenvalue weighted by Crippen LogP contribution is -2.20. The molecule has 0 saturated carbocycles. The summed E-state index contributed by atoms with van der Waals surface area (Å²) in [6.07, 6.45) is 8.33. The van der Waals surface area contributed by atoms with E-state index in [1.54, 1.807) is 0 Å². The van der Waals surface area contributed by atoms with Gasteiger partial charge in [-0.05, 0) is 23.7 Å². The van der Waals surface area contributed by atoms with Crippen molar-refractivity contribution in [2.45, 2.75) is 80.1 Å². The molecule has 0 amide bonds. The van der Waals surface area contributed by atoms with Gasteiger partial charge in [0.05, 0.1) is 0 Å². The van der Waals surface area contributed by atoms with E-state index in [0.717, 1.165) is 11.8 Å². The van der Waals surface area contributed by atoms with Crippen LogP contribution in [0.4, 0.5) is 0 Å². The molecule has 0 aromatic heterocycles. The minimum Gasteiger partial charge on any atom is -0.0651 e. The molecule has 0 heterocycles. The highest BCUT2D eigenvalue weighted by atomic mass is 14.3. The first-order valence-electron chi connectivity index (χ1n) is 6.94. The van der Waals surface area contributed by atoms with Crippen molar-refractivity contribution in [3.05, 3.63) is 0 Å². The molecule has 0 rings (SSSR count). The molecule has 92 valence electrons. The highest BCUT2D eigenvalue weighted by Crippen LogP contribution is 2.34. The Kier molecular flexibility index (Phi) is 7.30. The van der Waals surface area contributed by atoms with Crippen LogP contribution in [0, 0.1) is 17.3 Å². The monoisotopic (exact) mass is 212 g/mol. The molecule has 0 aliphatic heterocycles. The van der Waals surface area contributed by atoms with Gasteiger partial charge in [0.25, 0.3) is 0 Å². The van der Waals surface area contributed by atoms with Crippen LogP contribution in [0.3, 0.4) is 0 Å². The second kappa shape index (κ2) is 7.30. The van der Waals surface area contributed by atoms with E-state index in [9.17, 15) is 0 Å². The zero-order valence-electron chi connectivity index (χ0n) is 11.9. The molecule has 2 atom stereocenters. The number of hydrogen-bond acceptors (Lipinski definition) is 0. The van der Waals surface area contributed by atoms with Crippen molar-refractivity contribution >= 4 is 0 Å². The molecule has 0 radical (unpaired) electrons. The van der Waals surface area contributed by atoms with Gasteiger partial charge in [-0.15, -0.1) is 0 Å². The van der Waals surface area contributed by atoms with Crippen LogP contribution in [-0.2, 0) is 0 Å². The molecule has 0 N–H and O–H groups in total. The Hall–Kier alpha value is 0. The van der Waals surface area contributed by atoms with Gasteiger partial charge >= 0.3 is 0 Å². The van der Waals surface area contributed by atoms with Gasteiger partial charge in [-0.2, -0.15) is 0 Å². The zero-order chi connectivity index (χ0) is 11.9. The van der Waals surface area contributed by atoms with E-state index >= 15 is 0 Å². The topological polar surface area (TPSA) is 0 Å². The highest BCUT2D eigenvalue weighted by molar-refractivity contribution is 4.74. The molecule has 0 spiro atoms. The van der Waals surface area contributed by atoms with E-state index in [1.165, 1.54) is 38.5 Å². The second-order valence-electron chi connectivity index (χ2n) is 6.06. The molecule has 0 aromatic carbocycles. The van der Waals surface area contributed by atoms with Crippen LogP contribution in [0.1, 0.15) is 80.1 Å². The molecule has 15 heavy (non-hydrogen) atoms. The molecular weight excluding hydrogens is 180 g/mol. The van der Waals surface area contributed by atoms with Crippen molar-refractivity contribution in [1.29, 1.82) is 0 Å². The Morgan fingerprint density at radius 3 is 2.00 bits per heavy atom. The fourth-order valence-corrected chi connectivity index (χ4v) is 2.08. The summed E-state index contributed by atoms with van der Waals surface area (Å²) >= 11 is 0. The number of hydrogen-bond donors (Lipinski definition) is 0.